The number of thiazole rings is 1. The normalized spacial score (nSPS) is 11.0. The molecule has 0 bridgehead atoms. The highest BCUT2D eigenvalue weighted by atomic mass is 32.1. The lowest BCUT2D eigenvalue weighted by Crippen LogP contribution is -2.06. The third-order valence-corrected chi connectivity index (χ3v) is 4.84. The van der Waals surface area contributed by atoms with E-state index in [0.29, 0.717) is 17.6 Å². The number of aromatic nitrogens is 3. The van der Waals surface area contributed by atoms with E-state index in [2.05, 4.69) is 9.97 Å². The van der Waals surface area contributed by atoms with Crippen molar-refractivity contribution in [3.05, 3.63) is 76.6 Å². The van der Waals surface area contributed by atoms with Gasteiger partial charge in [-0.2, -0.15) is 0 Å². The van der Waals surface area contributed by atoms with Gasteiger partial charge in [0.1, 0.15) is 10.7 Å². The average molecular weight is 333 g/mol. The van der Waals surface area contributed by atoms with Crippen molar-refractivity contribution >= 4 is 22.8 Å². The molecule has 24 heavy (non-hydrogen) atoms. The number of pyridine rings is 1. The van der Waals surface area contributed by atoms with E-state index in [1.807, 2.05) is 65.5 Å². The van der Waals surface area contributed by atoms with Crippen molar-refractivity contribution in [2.75, 3.05) is 0 Å². The fourth-order valence-corrected chi connectivity index (χ4v) is 3.51. The highest BCUT2D eigenvalue weighted by molar-refractivity contribution is 7.09. The van der Waals surface area contributed by atoms with Crippen molar-refractivity contribution < 1.29 is 4.79 Å². The first-order valence-corrected chi connectivity index (χ1v) is 8.55. The van der Waals surface area contributed by atoms with E-state index in [1.54, 1.807) is 6.20 Å². The number of fused-ring (bicyclic) bond motifs is 1. The maximum atomic E-state index is 12.8. The number of benzene rings is 1. The molecule has 4 rings (SSSR count). The minimum absolute atomic E-state index is 0.0401. The van der Waals surface area contributed by atoms with E-state index in [-0.39, 0.29) is 5.78 Å². The van der Waals surface area contributed by atoms with Crippen molar-refractivity contribution in [2.24, 2.45) is 0 Å². The van der Waals surface area contributed by atoms with Crippen LogP contribution in [0.4, 0.5) is 0 Å². The van der Waals surface area contributed by atoms with Crippen LogP contribution < -0.4 is 0 Å². The second kappa shape index (κ2) is 6.02. The maximum Gasteiger partial charge on any atom is 0.173 e. The van der Waals surface area contributed by atoms with E-state index in [1.165, 1.54) is 11.3 Å². The highest BCUT2D eigenvalue weighted by Crippen LogP contribution is 2.24. The molecule has 118 valence electrons. The fraction of sp³-hybridized carbons (Fsp3) is 0.105. The van der Waals surface area contributed by atoms with Gasteiger partial charge in [0, 0.05) is 29.7 Å². The molecular weight excluding hydrogens is 318 g/mol. The van der Waals surface area contributed by atoms with Gasteiger partial charge in [0.2, 0.25) is 0 Å². The number of rotatable bonds is 4. The average Bonchev–Trinajstić information content (AvgIpc) is 3.23. The molecule has 5 heteroatoms. The van der Waals surface area contributed by atoms with Gasteiger partial charge in [0.05, 0.1) is 12.0 Å². The first-order chi connectivity index (χ1) is 11.7. The number of ketones is 1. The van der Waals surface area contributed by atoms with Gasteiger partial charge in [0.15, 0.2) is 5.78 Å². The summed E-state index contributed by atoms with van der Waals surface area (Å²) in [5.74, 6) is 0.0401. The molecular formula is C19H15N3OS. The van der Waals surface area contributed by atoms with Gasteiger partial charge in [-0.1, -0.05) is 30.3 Å². The SMILES string of the molecule is Cc1csc(CC(=O)c2cc(-c3ccccc3)cn3ccnc23)n1. The van der Waals surface area contributed by atoms with Crippen LogP contribution in [0.1, 0.15) is 21.1 Å². The predicted octanol–water partition coefficient (Wildman–Crippen LogP) is 4.19. The van der Waals surface area contributed by atoms with Crippen LogP contribution >= 0.6 is 11.3 Å². The van der Waals surface area contributed by atoms with Crippen LogP contribution in [0.15, 0.2) is 60.4 Å². The molecule has 0 N–H and O–H groups in total. The molecule has 0 saturated heterocycles. The molecule has 4 aromatic rings. The molecule has 0 fully saturated rings. The zero-order chi connectivity index (χ0) is 16.5. The second-order valence-electron chi connectivity index (χ2n) is 5.65. The number of nitrogens with zero attached hydrogens (tertiary/aromatic N) is 3. The Labute approximate surface area is 143 Å². The van der Waals surface area contributed by atoms with E-state index >= 15 is 0 Å². The summed E-state index contributed by atoms with van der Waals surface area (Å²) >= 11 is 1.52. The lowest BCUT2D eigenvalue weighted by Gasteiger charge is -2.07. The summed E-state index contributed by atoms with van der Waals surface area (Å²) in [5.41, 5.74) is 4.35. The van der Waals surface area contributed by atoms with Crippen LogP contribution in [0.5, 0.6) is 0 Å². The smallest absolute Gasteiger partial charge is 0.173 e. The predicted molar refractivity (Wildman–Crippen MR) is 95.5 cm³/mol. The minimum atomic E-state index is 0.0401. The molecule has 0 saturated carbocycles. The van der Waals surface area contributed by atoms with E-state index in [4.69, 9.17) is 0 Å². The van der Waals surface area contributed by atoms with Crippen LogP contribution in [-0.4, -0.2) is 20.2 Å². The summed E-state index contributed by atoms with van der Waals surface area (Å²) < 4.78 is 1.91. The van der Waals surface area contributed by atoms with Gasteiger partial charge >= 0.3 is 0 Å². The summed E-state index contributed by atoms with van der Waals surface area (Å²) in [7, 11) is 0. The molecule has 1 aromatic carbocycles. The van der Waals surface area contributed by atoms with Gasteiger partial charge in [-0.25, -0.2) is 9.97 Å². The summed E-state index contributed by atoms with van der Waals surface area (Å²) in [6.07, 6.45) is 5.89. The van der Waals surface area contributed by atoms with Crippen molar-refractivity contribution in [3.63, 3.8) is 0 Å². The molecule has 0 atom stereocenters. The Bertz CT molecular complexity index is 1020. The number of carbonyl (C=O) groups is 1. The number of Topliss-reactive ketones (excluding diaryl/α,β-unsaturated/α-hetero) is 1. The third kappa shape index (κ3) is 2.74. The van der Waals surface area contributed by atoms with Crippen LogP contribution in [0.3, 0.4) is 0 Å². The standard InChI is InChI=1S/C19H15N3OS/c1-13-12-24-18(21-13)10-17(23)16-9-15(14-5-3-2-4-6-14)11-22-8-7-20-19(16)22/h2-9,11-12H,10H2,1H3. The quantitative estimate of drug-likeness (QED) is 0.526. The van der Waals surface area contributed by atoms with E-state index in [0.717, 1.165) is 21.8 Å². The molecule has 4 nitrogen and oxygen atoms in total. The number of aryl methyl sites for hydroxylation is 1. The zero-order valence-corrected chi connectivity index (χ0v) is 14.0. The topological polar surface area (TPSA) is 47.3 Å². The summed E-state index contributed by atoms with van der Waals surface area (Å²) in [6, 6.07) is 12.0. The van der Waals surface area contributed by atoms with Crippen LogP contribution in [-0.2, 0) is 6.42 Å². The molecule has 0 radical (unpaired) electrons. The molecule has 0 aliphatic rings. The van der Waals surface area contributed by atoms with Crippen molar-refractivity contribution in [3.8, 4) is 11.1 Å². The maximum absolute atomic E-state index is 12.8. The Kier molecular flexibility index (Phi) is 3.70. The molecule has 0 amide bonds. The van der Waals surface area contributed by atoms with E-state index < -0.39 is 0 Å². The molecule has 0 unspecified atom stereocenters. The zero-order valence-electron chi connectivity index (χ0n) is 13.1. The summed E-state index contributed by atoms with van der Waals surface area (Å²) in [4.78, 5) is 21.6. The lowest BCUT2D eigenvalue weighted by molar-refractivity contribution is 0.0994. The van der Waals surface area contributed by atoms with Gasteiger partial charge in [0.25, 0.3) is 0 Å². The number of imidazole rings is 1. The van der Waals surface area contributed by atoms with Crippen molar-refractivity contribution in [2.45, 2.75) is 13.3 Å². The Morgan fingerprint density at radius 2 is 2.04 bits per heavy atom. The monoisotopic (exact) mass is 333 g/mol. The van der Waals surface area contributed by atoms with Gasteiger partial charge in [-0.3, -0.25) is 4.79 Å². The Morgan fingerprint density at radius 1 is 1.21 bits per heavy atom. The minimum Gasteiger partial charge on any atom is -0.306 e. The van der Waals surface area contributed by atoms with Crippen molar-refractivity contribution in [1.82, 2.24) is 14.4 Å². The molecule has 3 heterocycles. The Hall–Kier alpha value is -2.79. The number of hydrogen-bond donors (Lipinski definition) is 0. The van der Waals surface area contributed by atoms with E-state index in [9.17, 15) is 4.79 Å². The second-order valence-corrected chi connectivity index (χ2v) is 6.59. The fourth-order valence-electron chi connectivity index (χ4n) is 2.74. The number of hydrogen-bond acceptors (Lipinski definition) is 4. The lowest BCUT2D eigenvalue weighted by atomic mass is 10.0. The third-order valence-electron chi connectivity index (χ3n) is 3.87. The summed E-state index contributed by atoms with van der Waals surface area (Å²) in [6.45, 7) is 1.94. The largest absolute Gasteiger partial charge is 0.306 e. The summed E-state index contributed by atoms with van der Waals surface area (Å²) in [5, 5.41) is 2.81. The van der Waals surface area contributed by atoms with Gasteiger partial charge < -0.3 is 4.40 Å². The molecule has 3 aromatic heterocycles. The van der Waals surface area contributed by atoms with Gasteiger partial charge in [-0.05, 0) is 24.1 Å². The highest BCUT2D eigenvalue weighted by Gasteiger charge is 2.16. The molecule has 0 aliphatic heterocycles. The van der Waals surface area contributed by atoms with Crippen LogP contribution in [0.2, 0.25) is 0 Å². The Balaban J connectivity index is 1.78. The molecule has 0 spiro atoms. The number of carbonyl (C=O) groups excluding carboxylic acids is 1. The Morgan fingerprint density at radius 3 is 2.79 bits per heavy atom. The molecule has 0 aliphatic carbocycles. The van der Waals surface area contributed by atoms with Crippen LogP contribution in [0, 0.1) is 6.92 Å². The first kappa shape index (κ1) is 14.8. The first-order valence-electron chi connectivity index (χ1n) is 7.67. The van der Waals surface area contributed by atoms with Gasteiger partial charge in [-0.15, -0.1) is 11.3 Å². The van der Waals surface area contributed by atoms with Crippen LogP contribution in [0.25, 0.3) is 16.8 Å². The van der Waals surface area contributed by atoms with Crippen molar-refractivity contribution in [1.29, 1.82) is 0 Å².